The Morgan fingerprint density at radius 3 is 2.56 bits per heavy atom. The molecule has 1 aromatic carbocycles. The molecule has 0 radical (unpaired) electrons. The molecule has 0 aromatic heterocycles. The van der Waals surface area contributed by atoms with Crippen LogP contribution in [0.2, 0.25) is 0 Å². The summed E-state index contributed by atoms with van der Waals surface area (Å²) >= 11 is 1.82. The minimum Gasteiger partial charge on any atom is -0.376 e. The van der Waals surface area contributed by atoms with E-state index in [0.717, 1.165) is 10.6 Å². The standard InChI is InChI=1S/C14H19F2NS/c1-10(14(15)16)17-12-8-4-5-9-13(12)18-11-6-2-3-7-11/h4-5,8-11,14,17H,2-3,6-7H2,1H3. The number of halogens is 2. The van der Waals surface area contributed by atoms with Crippen LogP contribution in [0.5, 0.6) is 0 Å². The van der Waals surface area contributed by atoms with Crippen molar-refractivity contribution in [1.82, 2.24) is 0 Å². The Labute approximate surface area is 111 Å². The molecule has 18 heavy (non-hydrogen) atoms. The summed E-state index contributed by atoms with van der Waals surface area (Å²) in [6.45, 7) is 1.52. The summed E-state index contributed by atoms with van der Waals surface area (Å²) in [5.41, 5.74) is 0.835. The fourth-order valence-corrected chi connectivity index (χ4v) is 3.52. The summed E-state index contributed by atoms with van der Waals surface area (Å²) in [5.74, 6) is 0. The van der Waals surface area contributed by atoms with Gasteiger partial charge in [-0.2, -0.15) is 0 Å². The summed E-state index contributed by atoms with van der Waals surface area (Å²) in [6.07, 6.45) is 2.73. The van der Waals surface area contributed by atoms with Crippen LogP contribution in [0.1, 0.15) is 32.6 Å². The van der Waals surface area contributed by atoms with Crippen LogP contribution in [-0.2, 0) is 0 Å². The van der Waals surface area contributed by atoms with Gasteiger partial charge in [0.05, 0.1) is 6.04 Å². The van der Waals surface area contributed by atoms with Crippen LogP contribution < -0.4 is 5.32 Å². The molecule has 0 bridgehead atoms. The normalized spacial score (nSPS) is 18.2. The van der Waals surface area contributed by atoms with E-state index in [1.165, 1.54) is 32.6 Å². The minimum atomic E-state index is -2.34. The van der Waals surface area contributed by atoms with Crippen molar-refractivity contribution >= 4 is 17.4 Å². The Morgan fingerprint density at radius 1 is 1.22 bits per heavy atom. The lowest BCUT2D eigenvalue weighted by Crippen LogP contribution is -2.24. The first kappa shape index (κ1) is 13.7. The number of hydrogen-bond donors (Lipinski definition) is 1. The molecule has 1 unspecified atom stereocenters. The van der Waals surface area contributed by atoms with E-state index in [2.05, 4.69) is 5.32 Å². The molecule has 1 fully saturated rings. The van der Waals surface area contributed by atoms with E-state index in [1.807, 2.05) is 36.0 Å². The molecule has 0 aliphatic heterocycles. The fourth-order valence-electron chi connectivity index (χ4n) is 2.18. The van der Waals surface area contributed by atoms with E-state index >= 15 is 0 Å². The highest BCUT2D eigenvalue weighted by molar-refractivity contribution is 8.00. The van der Waals surface area contributed by atoms with Gasteiger partial charge in [-0.15, -0.1) is 11.8 Å². The number of para-hydroxylation sites is 1. The summed E-state index contributed by atoms with van der Waals surface area (Å²) in [4.78, 5) is 1.09. The quantitative estimate of drug-likeness (QED) is 0.826. The van der Waals surface area contributed by atoms with Gasteiger partial charge in [-0.3, -0.25) is 0 Å². The van der Waals surface area contributed by atoms with Gasteiger partial charge in [-0.25, -0.2) is 8.78 Å². The molecule has 0 amide bonds. The van der Waals surface area contributed by atoms with Crippen molar-refractivity contribution in [3.05, 3.63) is 24.3 Å². The Bertz CT molecular complexity index is 355. The molecule has 0 heterocycles. The summed E-state index contributed by atoms with van der Waals surface area (Å²) < 4.78 is 25.2. The summed E-state index contributed by atoms with van der Waals surface area (Å²) in [7, 11) is 0. The Kier molecular flexibility index (Phi) is 4.87. The second kappa shape index (κ2) is 6.41. The molecule has 4 heteroatoms. The molecule has 1 nitrogen and oxygen atoms in total. The van der Waals surface area contributed by atoms with Crippen LogP contribution in [-0.4, -0.2) is 17.7 Å². The number of hydrogen-bond acceptors (Lipinski definition) is 2. The van der Waals surface area contributed by atoms with E-state index in [1.54, 1.807) is 0 Å². The number of benzene rings is 1. The van der Waals surface area contributed by atoms with Crippen molar-refractivity contribution in [2.75, 3.05) is 5.32 Å². The second-order valence-corrected chi connectivity index (χ2v) is 6.13. The van der Waals surface area contributed by atoms with Crippen LogP contribution in [0.3, 0.4) is 0 Å². The van der Waals surface area contributed by atoms with Gasteiger partial charge in [0.1, 0.15) is 0 Å². The molecular weight excluding hydrogens is 252 g/mol. The molecule has 100 valence electrons. The highest BCUT2D eigenvalue weighted by Crippen LogP contribution is 2.38. The predicted octanol–water partition coefficient (Wildman–Crippen LogP) is 4.79. The number of anilines is 1. The van der Waals surface area contributed by atoms with Crippen LogP contribution in [0.4, 0.5) is 14.5 Å². The van der Waals surface area contributed by atoms with E-state index in [9.17, 15) is 8.78 Å². The minimum absolute atomic E-state index is 0.648. The molecule has 2 rings (SSSR count). The van der Waals surface area contributed by atoms with Crippen molar-refractivity contribution < 1.29 is 8.78 Å². The van der Waals surface area contributed by atoms with Gasteiger partial charge in [-0.05, 0) is 31.9 Å². The van der Waals surface area contributed by atoms with Crippen molar-refractivity contribution in [2.24, 2.45) is 0 Å². The lowest BCUT2D eigenvalue weighted by atomic mass is 10.2. The van der Waals surface area contributed by atoms with Crippen LogP contribution in [0.15, 0.2) is 29.2 Å². The number of nitrogens with one attached hydrogen (secondary N) is 1. The van der Waals surface area contributed by atoms with Gasteiger partial charge in [0.2, 0.25) is 0 Å². The average molecular weight is 271 g/mol. The van der Waals surface area contributed by atoms with E-state index in [4.69, 9.17) is 0 Å². The first-order valence-electron chi connectivity index (χ1n) is 6.47. The van der Waals surface area contributed by atoms with Gasteiger partial charge in [-0.1, -0.05) is 25.0 Å². The molecule has 1 saturated carbocycles. The number of alkyl halides is 2. The molecule has 1 aromatic rings. The topological polar surface area (TPSA) is 12.0 Å². The van der Waals surface area contributed by atoms with Gasteiger partial charge in [0.15, 0.2) is 0 Å². The summed E-state index contributed by atoms with van der Waals surface area (Å²) in [6, 6.07) is 6.95. The lowest BCUT2D eigenvalue weighted by molar-refractivity contribution is 0.130. The third-order valence-corrected chi connectivity index (χ3v) is 4.66. The average Bonchev–Trinajstić information content (AvgIpc) is 2.84. The smallest absolute Gasteiger partial charge is 0.258 e. The van der Waals surface area contributed by atoms with Crippen molar-refractivity contribution in [3.63, 3.8) is 0 Å². The molecule has 1 N–H and O–H groups in total. The first-order chi connectivity index (χ1) is 8.66. The second-order valence-electron chi connectivity index (χ2n) is 4.79. The van der Waals surface area contributed by atoms with E-state index in [0.29, 0.717) is 5.25 Å². The Morgan fingerprint density at radius 2 is 1.89 bits per heavy atom. The van der Waals surface area contributed by atoms with E-state index < -0.39 is 12.5 Å². The maximum Gasteiger partial charge on any atom is 0.258 e. The maximum atomic E-state index is 12.6. The van der Waals surface area contributed by atoms with Gasteiger partial charge in [0.25, 0.3) is 6.43 Å². The van der Waals surface area contributed by atoms with Crippen LogP contribution in [0, 0.1) is 0 Å². The third kappa shape index (κ3) is 3.61. The zero-order chi connectivity index (χ0) is 13.0. The number of rotatable bonds is 5. The highest BCUT2D eigenvalue weighted by atomic mass is 32.2. The Hall–Kier alpha value is -0.770. The monoisotopic (exact) mass is 271 g/mol. The fraction of sp³-hybridized carbons (Fsp3) is 0.571. The van der Waals surface area contributed by atoms with Crippen LogP contribution >= 0.6 is 11.8 Å². The molecular formula is C14H19F2NS. The maximum absolute atomic E-state index is 12.6. The Balaban J connectivity index is 2.04. The lowest BCUT2D eigenvalue weighted by Gasteiger charge is -2.18. The van der Waals surface area contributed by atoms with Gasteiger partial charge in [0, 0.05) is 15.8 Å². The zero-order valence-corrected chi connectivity index (χ0v) is 11.4. The number of thioether (sulfide) groups is 1. The highest BCUT2D eigenvalue weighted by Gasteiger charge is 2.19. The molecule has 1 atom stereocenters. The van der Waals surface area contributed by atoms with Crippen molar-refractivity contribution in [3.8, 4) is 0 Å². The van der Waals surface area contributed by atoms with Gasteiger partial charge < -0.3 is 5.32 Å². The van der Waals surface area contributed by atoms with Crippen molar-refractivity contribution in [2.45, 2.75) is 55.2 Å². The molecule has 1 aliphatic carbocycles. The SMILES string of the molecule is CC(Nc1ccccc1SC1CCCC1)C(F)F. The van der Waals surface area contributed by atoms with E-state index in [-0.39, 0.29) is 0 Å². The molecule has 0 spiro atoms. The van der Waals surface area contributed by atoms with Crippen molar-refractivity contribution in [1.29, 1.82) is 0 Å². The first-order valence-corrected chi connectivity index (χ1v) is 7.35. The largest absolute Gasteiger partial charge is 0.376 e. The zero-order valence-electron chi connectivity index (χ0n) is 10.5. The van der Waals surface area contributed by atoms with Crippen LogP contribution in [0.25, 0.3) is 0 Å². The summed E-state index contributed by atoms with van der Waals surface area (Å²) in [5, 5.41) is 3.56. The molecule has 0 saturated heterocycles. The third-order valence-electron chi connectivity index (χ3n) is 3.24. The van der Waals surface area contributed by atoms with Gasteiger partial charge >= 0.3 is 0 Å². The predicted molar refractivity (Wildman–Crippen MR) is 73.6 cm³/mol. The molecule has 1 aliphatic rings.